The van der Waals surface area contributed by atoms with Gasteiger partial charge in [0.1, 0.15) is 0 Å². The fourth-order valence-corrected chi connectivity index (χ4v) is 5.70. The van der Waals surface area contributed by atoms with Gasteiger partial charge >= 0.3 is 14.2 Å². The van der Waals surface area contributed by atoms with Gasteiger partial charge in [-0.3, -0.25) is 0 Å². The van der Waals surface area contributed by atoms with Crippen molar-refractivity contribution in [1.29, 1.82) is 0 Å². The summed E-state index contributed by atoms with van der Waals surface area (Å²) in [5.74, 6) is 1.32. The summed E-state index contributed by atoms with van der Waals surface area (Å²) >= 11 is 0. The maximum Gasteiger partial charge on any atom is 0.461 e. The minimum Gasteiger partial charge on any atom is -0.403 e. The minimum absolute atomic E-state index is 0.0296. The van der Waals surface area contributed by atoms with Crippen molar-refractivity contribution in [3.05, 3.63) is 0 Å². The normalized spacial score (nSPS) is 27.3. The van der Waals surface area contributed by atoms with Gasteiger partial charge in [-0.15, -0.1) is 0 Å². The van der Waals surface area contributed by atoms with Gasteiger partial charge in [0.05, 0.1) is 22.4 Å². The third-order valence-corrected chi connectivity index (χ3v) is 9.41. The van der Waals surface area contributed by atoms with Gasteiger partial charge in [-0.1, -0.05) is 77.0 Å². The van der Waals surface area contributed by atoms with E-state index in [1.54, 1.807) is 0 Å². The first kappa shape index (κ1) is 27.6. The smallest absolute Gasteiger partial charge is 0.403 e. The number of rotatable bonds is 11. The third-order valence-electron chi connectivity index (χ3n) is 9.41. The quantitative estimate of drug-likeness (QED) is 0.231. The second kappa shape index (κ2) is 10.9. The van der Waals surface area contributed by atoms with Crippen molar-refractivity contribution >= 4 is 14.2 Å². The third kappa shape index (κ3) is 6.80. The van der Waals surface area contributed by atoms with E-state index in [9.17, 15) is 0 Å². The highest BCUT2D eigenvalue weighted by atomic mass is 16.7. The first-order chi connectivity index (χ1) is 15.3. The average molecular weight is 462 g/mol. The standard InChI is InChI=1S/C27H52B2O4/c1-24(2)25(3,4)31-28(30-24)21-17-12-10-9-11-16-20-23(22-18-14-13-15-19-22)29-32-26(5,6)27(7,8)33-29/h22-23H,9-21H2,1-8H3. The fourth-order valence-electron chi connectivity index (χ4n) is 5.70. The van der Waals surface area contributed by atoms with Crippen LogP contribution in [0.5, 0.6) is 0 Å². The molecule has 0 aromatic rings. The Morgan fingerprint density at radius 2 is 1.06 bits per heavy atom. The van der Waals surface area contributed by atoms with E-state index in [0.717, 1.165) is 12.2 Å². The molecule has 0 aromatic heterocycles. The van der Waals surface area contributed by atoms with Crippen molar-refractivity contribution in [3.63, 3.8) is 0 Å². The molecule has 0 aromatic carbocycles. The van der Waals surface area contributed by atoms with Crippen LogP contribution in [0.25, 0.3) is 0 Å². The molecule has 2 saturated heterocycles. The first-order valence-electron chi connectivity index (χ1n) is 14.1. The maximum absolute atomic E-state index is 6.52. The van der Waals surface area contributed by atoms with Gasteiger partial charge in [0.15, 0.2) is 0 Å². The second-order valence-electron chi connectivity index (χ2n) is 13.1. The van der Waals surface area contributed by atoms with Gasteiger partial charge in [-0.25, -0.2) is 0 Å². The van der Waals surface area contributed by atoms with Crippen LogP contribution >= 0.6 is 0 Å². The maximum atomic E-state index is 6.52. The van der Waals surface area contributed by atoms with Crippen LogP contribution in [0.3, 0.4) is 0 Å². The molecule has 4 nitrogen and oxygen atoms in total. The summed E-state index contributed by atoms with van der Waals surface area (Å²) in [6, 6.07) is 0. The summed E-state index contributed by atoms with van der Waals surface area (Å²) in [5.41, 5.74) is -0.850. The fraction of sp³-hybridized carbons (Fsp3) is 1.00. The number of hydrogen-bond acceptors (Lipinski definition) is 4. The summed E-state index contributed by atoms with van der Waals surface area (Å²) < 4.78 is 25.3. The largest absolute Gasteiger partial charge is 0.461 e. The van der Waals surface area contributed by atoms with Crippen molar-refractivity contribution < 1.29 is 18.6 Å². The van der Waals surface area contributed by atoms with Crippen LogP contribution in [0.4, 0.5) is 0 Å². The van der Waals surface area contributed by atoms with Crippen molar-refractivity contribution in [2.75, 3.05) is 0 Å². The van der Waals surface area contributed by atoms with Crippen molar-refractivity contribution in [3.8, 4) is 0 Å². The van der Waals surface area contributed by atoms with Gasteiger partial charge in [-0.05, 0) is 73.4 Å². The van der Waals surface area contributed by atoms with Crippen molar-refractivity contribution in [2.24, 2.45) is 5.92 Å². The van der Waals surface area contributed by atoms with Crippen LogP contribution in [0, 0.1) is 5.92 Å². The van der Waals surface area contributed by atoms with Crippen LogP contribution in [0.15, 0.2) is 0 Å². The monoisotopic (exact) mass is 462 g/mol. The summed E-state index contributed by atoms with van der Waals surface area (Å²) in [4.78, 5) is 0. The lowest BCUT2D eigenvalue weighted by Gasteiger charge is -2.32. The molecule has 0 amide bonds. The molecule has 0 radical (unpaired) electrons. The van der Waals surface area contributed by atoms with Gasteiger partial charge < -0.3 is 18.6 Å². The Bertz CT molecular complexity index is 581. The Labute approximate surface area is 205 Å². The molecular formula is C27H52B2O4. The zero-order valence-electron chi connectivity index (χ0n) is 23.1. The van der Waals surface area contributed by atoms with E-state index in [1.807, 2.05) is 0 Å². The van der Waals surface area contributed by atoms with Crippen LogP contribution in [-0.2, 0) is 18.6 Å². The highest BCUT2D eigenvalue weighted by Crippen LogP contribution is 2.46. The molecule has 1 aliphatic carbocycles. The van der Waals surface area contributed by atoms with Gasteiger partial charge in [-0.2, -0.15) is 0 Å². The summed E-state index contributed by atoms with van der Waals surface area (Å²) in [6.45, 7) is 17.3. The molecule has 3 rings (SSSR count). The zero-order valence-corrected chi connectivity index (χ0v) is 23.1. The molecule has 1 saturated carbocycles. The van der Waals surface area contributed by atoms with E-state index < -0.39 is 0 Å². The van der Waals surface area contributed by atoms with E-state index in [-0.39, 0.29) is 36.6 Å². The van der Waals surface area contributed by atoms with Crippen LogP contribution in [0.1, 0.15) is 132 Å². The van der Waals surface area contributed by atoms with E-state index in [2.05, 4.69) is 55.4 Å². The Hall–Kier alpha value is -0.0301. The first-order valence-corrected chi connectivity index (χ1v) is 14.1. The molecule has 1 unspecified atom stereocenters. The molecule has 0 N–H and O–H groups in total. The summed E-state index contributed by atoms with van der Waals surface area (Å²) in [6.07, 6.45) is 16.8. The molecule has 2 aliphatic heterocycles. The van der Waals surface area contributed by atoms with E-state index >= 15 is 0 Å². The number of unbranched alkanes of at least 4 members (excludes halogenated alkanes) is 5. The lowest BCUT2D eigenvalue weighted by Crippen LogP contribution is -2.41. The van der Waals surface area contributed by atoms with E-state index in [4.69, 9.17) is 18.6 Å². The average Bonchev–Trinajstić information content (AvgIpc) is 3.06. The van der Waals surface area contributed by atoms with Gasteiger partial charge in [0.25, 0.3) is 0 Å². The molecule has 33 heavy (non-hydrogen) atoms. The molecule has 6 heteroatoms. The minimum atomic E-state index is -0.220. The second-order valence-corrected chi connectivity index (χ2v) is 13.1. The van der Waals surface area contributed by atoms with Crippen LogP contribution in [-0.4, -0.2) is 36.6 Å². The Kier molecular flexibility index (Phi) is 9.13. The Morgan fingerprint density at radius 1 is 0.606 bits per heavy atom. The topological polar surface area (TPSA) is 36.9 Å². The zero-order chi connectivity index (χ0) is 24.3. The summed E-state index contributed by atoms with van der Waals surface area (Å²) in [5, 5.41) is 0. The molecule has 1 atom stereocenters. The van der Waals surface area contributed by atoms with Gasteiger partial charge in [0.2, 0.25) is 0 Å². The SMILES string of the molecule is CC1(C)OB(CCCCCCCCC(B2OC(C)(C)C(C)(C)O2)C2CCCCC2)OC1(C)C. The van der Waals surface area contributed by atoms with E-state index in [1.165, 1.54) is 77.0 Å². The van der Waals surface area contributed by atoms with Crippen molar-refractivity contribution in [1.82, 2.24) is 0 Å². The lowest BCUT2D eigenvalue weighted by molar-refractivity contribution is 0.00578. The molecule has 0 spiro atoms. The molecule has 2 heterocycles. The highest BCUT2D eigenvalue weighted by Gasteiger charge is 2.54. The van der Waals surface area contributed by atoms with Crippen LogP contribution < -0.4 is 0 Å². The predicted molar refractivity (Wildman–Crippen MR) is 140 cm³/mol. The van der Waals surface area contributed by atoms with Crippen molar-refractivity contribution in [2.45, 2.75) is 167 Å². The number of hydrogen-bond donors (Lipinski definition) is 0. The van der Waals surface area contributed by atoms with E-state index in [0.29, 0.717) is 5.82 Å². The Balaban J connectivity index is 1.35. The molecule has 0 bridgehead atoms. The summed E-state index contributed by atoms with van der Waals surface area (Å²) in [7, 11) is -0.0656. The Morgan fingerprint density at radius 3 is 1.61 bits per heavy atom. The lowest BCUT2D eigenvalue weighted by atomic mass is 9.59. The highest BCUT2D eigenvalue weighted by molar-refractivity contribution is 6.47. The molecule has 190 valence electrons. The predicted octanol–water partition coefficient (Wildman–Crippen LogP) is 7.85. The van der Waals surface area contributed by atoms with Crippen LogP contribution in [0.2, 0.25) is 12.1 Å². The molecule has 3 fully saturated rings. The molecular weight excluding hydrogens is 410 g/mol. The van der Waals surface area contributed by atoms with Gasteiger partial charge in [0, 0.05) is 0 Å². The molecule has 3 aliphatic rings.